The highest BCUT2D eigenvalue weighted by Gasteiger charge is 2.08. The molecule has 0 bridgehead atoms. The predicted molar refractivity (Wildman–Crippen MR) is 102 cm³/mol. The van der Waals surface area contributed by atoms with Crippen molar-refractivity contribution < 1.29 is 9.13 Å². The molecule has 2 radical (unpaired) electrons. The summed E-state index contributed by atoms with van der Waals surface area (Å²) in [6.07, 6.45) is 1.60. The van der Waals surface area contributed by atoms with Crippen LogP contribution in [0.4, 0.5) is 4.39 Å². The SMILES string of the molecule is [B]c1c(OCc2ccc(P)cc2)ccn(Cc2cccc(F)c2)c1=O. The van der Waals surface area contributed by atoms with Gasteiger partial charge in [-0.25, -0.2) is 4.39 Å². The van der Waals surface area contributed by atoms with Crippen LogP contribution in [0.5, 0.6) is 5.75 Å². The minimum atomic E-state index is -0.359. The Morgan fingerprint density at radius 3 is 2.56 bits per heavy atom. The van der Waals surface area contributed by atoms with E-state index < -0.39 is 0 Å². The van der Waals surface area contributed by atoms with Gasteiger partial charge in [0.2, 0.25) is 5.56 Å². The van der Waals surface area contributed by atoms with Crippen LogP contribution in [0.1, 0.15) is 11.1 Å². The van der Waals surface area contributed by atoms with Crippen molar-refractivity contribution >= 4 is 27.9 Å². The predicted octanol–water partition coefficient (Wildman–Crippen LogP) is 1.91. The van der Waals surface area contributed by atoms with Crippen molar-refractivity contribution in [1.29, 1.82) is 0 Å². The van der Waals surface area contributed by atoms with E-state index in [9.17, 15) is 9.18 Å². The second kappa shape index (κ2) is 7.67. The summed E-state index contributed by atoms with van der Waals surface area (Å²) in [4.78, 5) is 12.4. The van der Waals surface area contributed by atoms with E-state index >= 15 is 0 Å². The molecule has 2 aromatic carbocycles. The van der Waals surface area contributed by atoms with Crippen LogP contribution >= 0.6 is 9.24 Å². The minimum absolute atomic E-state index is 0.0431. The fraction of sp³-hybridized carbons (Fsp3) is 0.105. The summed E-state index contributed by atoms with van der Waals surface area (Å²) < 4.78 is 20.4. The van der Waals surface area contributed by atoms with Gasteiger partial charge in [0.25, 0.3) is 0 Å². The maximum Gasteiger partial charge on any atom is 0.247 e. The van der Waals surface area contributed by atoms with Crippen molar-refractivity contribution in [1.82, 2.24) is 4.57 Å². The quantitative estimate of drug-likeness (QED) is 0.520. The van der Waals surface area contributed by atoms with Crippen LogP contribution in [-0.4, -0.2) is 12.4 Å². The average Bonchev–Trinajstić information content (AvgIpc) is 2.60. The number of hydrogen-bond donors (Lipinski definition) is 0. The standard InChI is InChI=1S/C19H16BFNO2P/c20-18-17(24-12-13-4-6-16(25)7-5-13)8-9-22(19(18)23)11-14-2-1-3-15(21)10-14/h1-10H,11-12,25H2. The summed E-state index contributed by atoms with van der Waals surface area (Å²) >= 11 is 0. The van der Waals surface area contributed by atoms with Crippen molar-refractivity contribution in [3.05, 3.63) is 88.1 Å². The highest BCUT2D eigenvalue weighted by atomic mass is 31.0. The van der Waals surface area contributed by atoms with Gasteiger partial charge in [-0.05, 0) is 34.6 Å². The molecule has 1 unspecified atom stereocenters. The Bertz CT molecular complexity index is 941. The number of ether oxygens (including phenoxy) is 1. The molecule has 124 valence electrons. The van der Waals surface area contributed by atoms with Crippen molar-refractivity contribution in [2.24, 2.45) is 0 Å². The maximum absolute atomic E-state index is 13.3. The average molecular weight is 351 g/mol. The van der Waals surface area contributed by atoms with E-state index in [-0.39, 0.29) is 23.4 Å². The lowest BCUT2D eigenvalue weighted by Gasteiger charge is -2.12. The van der Waals surface area contributed by atoms with Gasteiger partial charge < -0.3 is 9.30 Å². The zero-order valence-electron chi connectivity index (χ0n) is 13.5. The van der Waals surface area contributed by atoms with Crippen LogP contribution in [-0.2, 0) is 13.2 Å². The second-order valence-electron chi connectivity index (χ2n) is 5.69. The largest absolute Gasteiger partial charge is 0.489 e. The van der Waals surface area contributed by atoms with Crippen LogP contribution in [0.15, 0.2) is 65.6 Å². The van der Waals surface area contributed by atoms with Gasteiger partial charge >= 0.3 is 0 Å². The molecule has 0 spiro atoms. The van der Waals surface area contributed by atoms with Crippen LogP contribution < -0.4 is 21.1 Å². The van der Waals surface area contributed by atoms with E-state index in [4.69, 9.17) is 12.6 Å². The molecule has 0 N–H and O–H groups in total. The third-order valence-electron chi connectivity index (χ3n) is 3.78. The number of hydrogen-bond acceptors (Lipinski definition) is 2. The summed E-state index contributed by atoms with van der Waals surface area (Å²) in [6, 6.07) is 15.6. The number of pyridine rings is 1. The molecule has 6 heteroatoms. The van der Waals surface area contributed by atoms with Gasteiger partial charge in [0.15, 0.2) is 0 Å². The molecule has 1 heterocycles. The monoisotopic (exact) mass is 351 g/mol. The minimum Gasteiger partial charge on any atom is -0.489 e. The normalized spacial score (nSPS) is 10.6. The fourth-order valence-electron chi connectivity index (χ4n) is 2.43. The van der Waals surface area contributed by atoms with Gasteiger partial charge in [-0.2, -0.15) is 0 Å². The van der Waals surface area contributed by atoms with Crippen LogP contribution in [0.2, 0.25) is 0 Å². The second-order valence-corrected chi connectivity index (χ2v) is 6.35. The molecule has 0 saturated heterocycles. The summed E-state index contributed by atoms with van der Waals surface area (Å²) in [5.74, 6) is 0.00501. The van der Waals surface area contributed by atoms with Gasteiger partial charge in [-0.3, -0.25) is 4.79 Å². The molecule has 3 aromatic rings. The van der Waals surface area contributed by atoms with E-state index in [0.29, 0.717) is 17.9 Å². The van der Waals surface area contributed by atoms with Crippen molar-refractivity contribution in [2.75, 3.05) is 0 Å². The Hall–Kier alpha value is -2.39. The summed E-state index contributed by atoms with van der Waals surface area (Å²) in [5, 5.41) is 1.09. The number of benzene rings is 2. The smallest absolute Gasteiger partial charge is 0.247 e. The zero-order valence-corrected chi connectivity index (χ0v) is 14.6. The first kappa shape index (κ1) is 17.4. The molecule has 0 aliphatic rings. The van der Waals surface area contributed by atoms with Crippen LogP contribution in [0.3, 0.4) is 0 Å². The Kier molecular flexibility index (Phi) is 5.35. The first-order valence-corrected chi connectivity index (χ1v) is 8.31. The van der Waals surface area contributed by atoms with E-state index in [2.05, 4.69) is 9.24 Å². The molecular formula is C19H16BFNO2P. The van der Waals surface area contributed by atoms with Crippen molar-refractivity contribution in [3.8, 4) is 5.75 Å². The summed E-state index contributed by atoms with van der Waals surface area (Å²) in [6.45, 7) is 0.569. The third kappa shape index (κ3) is 4.37. The van der Waals surface area contributed by atoms with Gasteiger partial charge in [-0.15, -0.1) is 9.24 Å². The molecule has 3 rings (SSSR count). The van der Waals surface area contributed by atoms with Crippen LogP contribution in [0, 0.1) is 5.82 Å². The Balaban J connectivity index is 1.75. The topological polar surface area (TPSA) is 31.2 Å². The van der Waals surface area contributed by atoms with E-state index in [0.717, 1.165) is 10.9 Å². The van der Waals surface area contributed by atoms with Gasteiger partial charge in [0.1, 0.15) is 26.0 Å². The van der Waals surface area contributed by atoms with Crippen LogP contribution in [0.25, 0.3) is 0 Å². The molecule has 1 atom stereocenters. The van der Waals surface area contributed by atoms with Crippen molar-refractivity contribution in [3.63, 3.8) is 0 Å². The van der Waals surface area contributed by atoms with Gasteiger partial charge in [-0.1, -0.05) is 36.4 Å². The molecule has 3 nitrogen and oxygen atoms in total. The zero-order chi connectivity index (χ0) is 17.8. The molecule has 0 aliphatic carbocycles. The molecule has 0 saturated carbocycles. The highest BCUT2D eigenvalue weighted by molar-refractivity contribution is 7.27. The lowest BCUT2D eigenvalue weighted by Crippen LogP contribution is -2.35. The van der Waals surface area contributed by atoms with E-state index in [1.807, 2.05) is 24.3 Å². The number of halogens is 1. The third-order valence-corrected chi connectivity index (χ3v) is 4.16. The Morgan fingerprint density at radius 1 is 1.08 bits per heavy atom. The first-order chi connectivity index (χ1) is 12.0. The van der Waals surface area contributed by atoms with Gasteiger partial charge in [0.05, 0.1) is 6.54 Å². The maximum atomic E-state index is 13.3. The van der Waals surface area contributed by atoms with E-state index in [1.165, 1.54) is 16.7 Å². The first-order valence-electron chi connectivity index (χ1n) is 7.73. The van der Waals surface area contributed by atoms with Crippen molar-refractivity contribution in [2.45, 2.75) is 13.2 Å². The number of aromatic nitrogens is 1. The molecule has 0 amide bonds. The molecule has 25 heavy (non-hydrogen) atoms. The Morgan fingerprint density at radius 2 is 1.84 bits per heavy atom. The summed E-state index contributed by atoms with van der Waals surface area (Å²) in [5.41, 5.74) is 1.35. The van der Waals surface area contributed by atoms with E-state index in [1.54, 1.807) is 24.4 Å². The number of nitrogens with zero attached hydrogens (tertiary/aromatic N) is 1. The molecular weight excluding hydrogens is 335 g/mol. The fourth-order valence-corrected chi connectivity index (χ4v) is 2.63. The molecule has 0 fully saturated rings. The molecule has 0 aliphatic heterocycles. The lowest BCUT2D eigenvalue weighted by atomic mass is 9.97. The highest BCUT2D eigenvalue weighted by Crippen LogP contribution is 2.09. The Labute approximate surface area is 149 Å². The summed E-state index contributed by atoms with van der Waals surface area (Å²) in [7, 11) is 8.54. The van der Waals surface area contributed by atoms with Gasteiger partial charge in [0, 0.05) is 11.7 Å². The lowest BCUT2D eigenvalue weighted by molar-refractivity contribution is 0.308. The number of rotatable bonds is 5. The molecule has 1 aromatic heterocycles.